The van der Waals surface area contributed by atoms with Crippen molar-refractivity contribution in [1.29, 1.82) is 0 Å². The molecule has 0 unspecified atom stereocenters. The van der Waals surface area contributed by atoms with E-state index in [9.17, 15) is 14.7 Å². The van der Waals surface area contributed by atoms with E-state index in [0.29, 0.717) is 33.5 Å². The van der Waals surface area contributed by atoms with Crippen molar-refractivity contribution in [3.8, 4) is 5.75 Å². The lowest BCUT2D eigenvalue weighted by atomic mass is 10.2. The van der Waals surface area contributed by atoms with Crippen LogP contribution in [-0.4, -0.2) is 28.8 Å². The number of phenols is 1. The van der Waals surface area contributed by atoms with Crippen LogP contribution in [0.5, 0.6) is 5.75 Å². The second-order valence-electron chi connectivity index (χ2n) is 5.31. The van der Waals surface area contributed by atoms with Crippen molar-refractivity contribution in [2.45, 2.75) is 6.92 Å². The van der Waals surface area contributed by atoms with Crippen molar-refractivity contribution in [2.75, 3.05) is 6.61 Å². The molecule has 0 radical (unpaired) electrons. The lowest BCUT2D eigenvalue weighted by Crippen LogP contribution is -2.19. The predicted octanol–water partition coefficient (Wildman–Crippen LogP) is 3.46. The van der Waals surface area contributed by atoms with Crippen LogP contribution in [0.1, 0.15) is 22.8 Å². The van der Waals surface area contributed by atoms with Gasteiger partial charge in [-0.15, -0.1) is 0 Å². The van der Waals surface area contributed by atoms with Crippen LogP contribution in [0.3, 0.4) is 0 Å². The molecule has 1 aliphatic heterocycles. The number of phenolic OH excluding ortho intramolecular Hbond substituents is 1. The van der Waals surface area contributed by atoms with Crippen LogP contribution in [0, 0.1) is 0 Å². The summed E-state index contributed by atoms with van der Waals surface area (Å²) in [7, 11) is 0. The fraction of sp³-hybridized carbons (Fsp3) is 0.105. The van der Waals surface area contributed by atoms with E-state index in [1.165, 1.54) is 11.8 Å². The van der Waals surface area contributed by atoms with Gasteiger partial charge in [-0.3, -0.25) is 4.79 Å². The molecule has 26 heavy (non-hydrogen) atoms. The SMILES string of the molecule is CCOC(=O)c1ccc(N=C2NC(=O)/C(=C/c3ccccc3O)S2)cc1. The number of para-hydroxylation sites is 1. The number of ether oxygens (including phenoxy) is 1. The summed E-state index contributed by atoms with van der Waals surface area (Å²) >= 11 is 1.18. The topological polar surface area (TPSA) is 88.0 Å². The van der Waals surface area contributed by atoms with E-state index in [2.05, 4.69) is 10.3 Å². The number of aliphatic imine (C=N–C) groups is 1. The number of hydrogen-bond donors (Lipinski definition) is 2. The monoisotopic (exact) mass is 368 g/mol. The molecule has 2 aromatic rings. The van der Waals surface area contributed by atoms with Gasteiger partial charge >= 0.3 is 5.97 Å². The Labute approximate surface area is 154 Å². The number of thioether (sulfide) groups is 1. The fourth-order valence-electron chi connectivity index (χ4n) is 2.24. The van der Waals surface area contributed by atoms with Crippen LogP contribution in [0.15, 0.2) is 58.4 Å². The standard InChI is InChI=1S/C19H16N2O4S/c1-2-25-18(24)12-7-9-14(10-8-12)20-19-21-17(23)16(26-19)11-13-5-3-4-6-15(13)22/h3-11,22H,2H2,1H3,(H,20,21,23)/b16-11-. The highest BCUT2D eigenvalue weighted by Crippen LogP contribution is 2.30. The lowest BCUT2D eigenvalue weighted by molar-refractivity contribution is -0.115. The van der Waals surface area contributed by atoms with Crippen LogP contribution in [-0.2, 0) is 9.53 Å². The van der Waals surface area contributed by atoms with E-state index < -0.39 is 0 Å². The van der Waals surface area contributed by atoms with Gasteiger partial charge in [0.2, 0.25) is 0 Å². The number of benzene rings is 2. The van der Waals surface area contributed by atoms with E-state index in [4.69, 9.17) is 4.74 Å². The summed E-state index contributed by atoms with van der Waals surface area (Å²) in [6.07, 6.45) is 1.61. The molecule has 0 aliphatic carbocycles. The number of aromatic hydroxyl groups is 1. The molecule has 6 nitrogen and oxygen atoms in total. The quantitative estimate of drug-likeness (QED) is 0.637. The maximum absolute atomic E-state index is 12.1. The summed E-state index contributed by atoms with van der Waals surface area (Å²) in [6.45, 7) is 2.07. The zero-order chi connectivity index (χ0) is 18.5. The molecule has 1 heterocycles. The number of carbonyl (C=O) groups excluding carboxylic acids is 2. The first-order chi connectivity index (χ1) is 12.6. The summed E-state index contributed by atoms with van der Waals surface area (Å²) in [6, 6.07) is 13.4. The zero-order valence-electron chi connectivity index (χ0n) is 13.9. The number of esters is 1. The molecule has 1 saturated heterocycles. The number of nitrogens with zero attached hydrogens (tertiary/aromatic N) is 1. The third-order valence-electron chi connectivity index (χ3n) is 3.48. The van der Waals surface area contributed by atoms with Gasteiger partial charge in [0.15, 0.2) is 5.17 Å². The van der Waals surface area contributed by atoms with Crippen LogP contribution in [0.25, 0.3) is 6.08 Å². The number of carbonyl (C=O) groups is 2. The van der Waals surface area contributed by atoms with E-state index in [1.54, 1.807) is 61.5 Å². The first kappa shape index (κ1) is 17.8. The van der Waals surface area contributed by atoms with Gasteiger partial charge in [0, 0.05) is 5.56 Å². The van der Waals surface area contributed by atoms with Crippen molar-refractivity contribution in [2.24, 2.45) is 4.99 Å². The molecule has 1 amide bonds. The van der Waals surface area contributed by atoms with Crippen molar-refractivity contribution >= 4 is 40.6 Å². The van der Waals surface area contributed by atoms with Gasteiger partial charge in [-0.1, -0.05) is 18.2 Å². The fourth-order valence-corrected chi connectivity index (χ4v) is 3.07. The second-order valence-corrected chi connectivity index (χ2v) is 6.34. The minimum Gasteiger partial charge on any atom is -0.507 e. The van der Waals surface area contributed by atoms with Crippen molar-refractivity contribution < 1.29 is 19.4 Å². The second kappa shape index (κ2) is 7.88. The number of amides is 1. The Morgan fingerprint density at radius 1 is 1.23 bits per heavy atom. The Morgan fingerprint density at radius 3 is 2.65 bits per heavy atom. The minimum absolute atomic E-state index is 0.105. The molecule has 0 bridgehead atoms. The molecule has 132 valence electrons. The molecule has 1 aliphatic rings. The Morgan fingerprint density at radius 2 is 1.96 bits per heavy atom. The van der Waals surface area contributed by atoms with Crippen molar-refractivity contribution in [1.82, 2.24) is 5.32 Å². The maximum Gasteiger partial charge on any atom is 0.338 e. The minimum atomic E-state index is -0.386. The van der Waals surface area contributed by atoms with Gasteiger partial charge < -0.3 is 15.2 Å². The Balaban J connectivity index is 1.76. The van der Waals surface area contributed by atoms with Crippen LogP contribution >= 0.6 is 11.8 Å². The number of amidine groups is 1. The van der Waals surface area contributed by atoms with Gasteiger partial charge in [0.25, 0.3) is 5.91 Å². The Hall–Kier alpha value is -3.06. The Bertz CT molecular complexity index is 904. The summed E-state index contributed by atoms with van der Waals surface area (Å²) in [5.74, 6) is -0.559. The van der Waals surface area contributed by atoms with Crippen molar-refractivity contribution in [3.63, 3.8) is 0 Å². The number of rotatable bonds is 4. The third kappa shape index (κ3) is 4.12. The van der Waals surface area contributed by atoms with Crippen molar-refractivity contribution in [3.05, 3.63) is 64.6 Å². The zero-order valence-corrected chi connectivity index (χ0v) is 14.7. The number of hydrogen-bond acceptors (Lipinski definition) is 6. The first-order valence-corrected chi connectivity index (χ1v) is 8.73. The highest BCUT2D eigenvalue weighted by Gasteiger charge is 2.24. The molecule has 0 spiro atoms. The molecule has 2 N–H and O–H groups in total. The Kier molecular flexibility index (Phi) is 5.38. The third-order valence-corrected chi connectivity index (χ3v) is 4.39. The summed E-state index contributed by atoms with van der Waals surface area (Å²) in [5, 5.41) is 12.9. The number of nitrogens with one attached hydrogen (secondary N) is 1. The van der Waals surface area contributed by atoms with E-state index in [0.717, 1.165) is 0 Å². The van der Waals surface area contributed by atoms with Gasteiger partial charge in [-0.25, -0.2) is 9.79 Å². The molecule has 0 atom stereocenters. The van der Waals surface area contributed by atoms with Crippen LogP contribution in [0.4, 0.5) is 5.69 Å². The summed E-state index contributed by atoms with van der Waals surface area (Å²) in [4.78, 5) is 28.5. The molecule has 1 fully saturated rings. The van der Waals surface area contributed by atoms with Crippen LogP contribution in [0.2, 0.25) is 0 Å². The molecule has 7 heteroatoms. The average molecular weight is 368 g/mol. The van der Waals surface area contributed by atoms with Gasteiger partial charge in [0.05, 0.1) is 22.8 Å². The highest BCUT2D eigenvalue weighted by molar-refractivity contribution is 8.18. The lowest BCUT2D eigenvalue weighted by Gasteiger charge is -2.02. The average Bonchev–Trinajstić information content (AvgIpc) is 2.97. The van der Waals surface area contributed by atoms with E-state index in [-0.39, 0.29) is 17.6 Å². The molecular formula is C19H16N2O4S. The molecule has 2 aromatic carbocycles. The van der Waals surface area contributed by atoms with E-state index in [1.807, 2.05) is 0 Å². The highest BCUT2D eigenvalue weighted by atomic mass is 32.2. The van der Waals surface area contributed by atoms with E-state index >= 15 is 0 Å². The normalized spacial score (nSPS) is 16.7. The van der Waals surface area contributed by atoms with Crippen LogP contribution < -0.4 is 5.32 Å². The summed E-state index contributed by atoms with van der Waals surface area (Å²) in [5.41, 5.74) is 1.61. The first-order valence-electron chi connectivity index (χ1n) is 7.91. The predicted molar refractivity (Wildman–Crippen MR) is 101 cm³/mol. The van der Waals surface area contributed by atoms with Gasteiger partial charge in [0.1, 0.15) is 5.75 Å². The molecular weight excluding hydrogens is 352 g/mol. The molecule has 3 rings (SSSR count). The van der Waals surface area contributed by atoms with Gasteiger partial charge in [-0.2, -0.15) is 0 Å². The largest absolute Gasteiger partial charge is 0.507 e. The molecule has 0 saturated carbocycles. The maximum atomic E-state index is 12.1. The summed E-state index contributed by atoms with van der Waals surface area (Å²) < 4.78 is 4.93. The smallest absolute Gasteiger partial charge is 0.338 e. The molecule has 0 aromatic heterocycles. The van der Waals surface area contributed by atoms with Gasteiger partial charge in [-0.05, 0) is 55.1 Å².